The summed E-state index contributed by atoms with van der Waals surface area (Å²) in [7, 11) is 5.66. The Kier molecular flexibility index (Phi) is 3.21. The summed E-state index contributed by atoms with van der Waals surface area (Å²) in [6.07, 6.45) is 0. The Balaban J connectivity index is 2.32. The van der Waals surface area contributed by atoms with E-state index in [4.69, 9.17) is 4.74 Å². The molecule has 0 spiro atoms. The van der Waals surface area contributed by atoms with Gasteiger partial charge in [0.05, 0.1) is 12.4 Å². The average Bonchev–Trinajstić information content (AvgIpc) is 2.54. The van der Waals surface area contributed by atoms with Crippen LogP contribution in [0, 0.1) is 0 Å². The summed E-state index contributed by atoms with van der Waals surface area (Å²) in [6, 6.07) is 5.75. The van der Waals surface area contributed by atoms with Crippen LogP contribution in [0.2, 0.25) is 0 Å². The minimum Gasteiger partial charge on any atom is -0.497 e. The van der Waals surface area contributed by atoms with Crippen molar-refractivity contribution in [1.82, 2.24) is 4.90 Å². The van der Waals surface area contributed by atoms with E-state index in [0.717, 1.165) is 23.4 Å². The first kappa shape index (κ1) is 11.5. The van der Waals surface area contributed by atoms with Crippen molar-refractivity contribution in [3.05, 3.63) is 29.3 Å². The van der Waals surface area contributed by atoms with Gasteiger partial charge in [-0.05, 0) is 31.8 Å². The summed E-state index contributed by atoms with van der Waals surface area (Å²) in [5.41, 5.74) is 1.93. The van der Waals surface area contributed by atoms with Crippen LogP contribution in [0.3, 0.4) is 0 Å². The molecule has 0 radical (unpaired) electrons. The van der Waals surface area contributed by atoms with Gasteiger partial charge < -0.3 is 9.64 Å². The SMILES string of the molecule is COc1ccc2c(c1)C(=O)SC2CN(C)C. The molecule has 0 saturated carbocycles. The molecule has 2 rings (SSSR count). The number of thioether (sulfide) groups is 1. The average molecular weight is 237 g/mol. The zero-order valence-corrected chi connectivity index (χ0v) is 10.5. The highest BCUT2D eigenvalue weighted by atomic mass is 32.2. The van der Waals surface area contributed by atoms with Crippen molar-refractivity contribution in [2.75, 3.05) is 27.7 Å². The van der Waals surface area contributed by atoms with Gasteiger partial charge in [0.25, 0.3) is 0 Å². The van der Waals surface area contributed by atoms with Crippen molar-refractivity contribution in [2.45, 2.75) is 5.25 Å². The number of carbonyl (C=O) groups excluding carboxylic acids is 1. The highest BCUT2D eigenvalue weighted by Crippen LogP contribution is 2.42. The number of nitrogens with zero attached hydrogens (tertiary/aromatic N) is 1. The normalized spacial score (nSPS) is 19.0. The number of rotatable bonds is 3. The molecule has 1 aliphatic rings. The highest BCUT2D eigenvalue weighted by Gasteiger charge is 2.30. The molecule has 1 heterocycles. The van der Waals surface area contributed by atoms with Crippen molar-refractivity contribution >= 4 is 16.9 Å². The van der Waals surface area contributed by atoms with Crippen LogP contribution >= 0.6 is 11.8 Å². The van der Waals surface area contributed by atoms with E-state index in [-0.39, 0.29) is 10.4 Å². The number of fused-ring (bicyclic) bond motifs is 1. The van der Waals surface area contributed by atoms with Crippen molar-refractivity contribution in [1.29, 1.82) is 0 Å². The van der Waals surface area contributed by atoms with Crippen LogP contribution in [-0.4, -0.2) is 37.8 Å². The molecule has 0 aromatic heterocycles. The Morgan fingerprint density at radius 1 is 1.44 bits per heavy atom. The lowest BCUT2D eigenvalue weighted by molar-refractivity contribution is 0.109. The number of likely N-dealkylation sites (N-methyl/N-ethyl adjacent to an activating group) is 1. The predicted octanol–water partition coefficient (Wildman–Crippen LogP) is 2.18. The van der Waals surface area contributed by atoms with Gasteiger partial charge in [-0.15, -0.1) is 0 Å². The van der Waals surface area contributed by atoms with Gasteiger partial charge in [0, 0.05) is 12.1 Å². The molecule has 0 bridgehead atoms. The number of benzene rings is 1. The van der Waals surface area contributed by atoms with Gasteiger partial charge in [-0.1, -0.05) is 17.8 Å². The summed E-state index contributed by atoms with van der Waals surface area (Å²) in [5.74, 6) is 0.748. The summed E-state index contributed by atoms with van der Waals surface area (Å²) in [5, 5.41) is 0.407. The van der Waals surface area contributed by atoms with Crippen LogP contribution in [0.5, 0.6) is 5.75 Å². The molecule has 86 valence electrons. The monoisotopic (exact) mass is 237 g/mol. The second-order valence-corrected chi connectivity index (χ2v) is 5.28. The minimum absolute atomic E-state index is 0.153. The Hall–Kier alpha value is -1.00. The Morgan fingerprint density at radius 3 is 2.81 bits per heavy atom. The molecule has 0 aliphatic carbocycles. The third kappa shape index (κ3) is 2.08. The predicted molar refractivity (Wildman–Crippen MR) is 66.2 cm³/mol. The smallest absolute Gasteiger partial charge is 0.220 e. The van der Waals surface area contributed by atoms with E-state index in [0.29, 0.717) is 0 Å². The minimum atomic E-state index is 0.153. The Labute approximate surface area is 99.8 Å². The van der Waals surface area contributed by atoms with Crippen molar-refractivity contribution in [2.24, 2.45) is 0 Å². The summed E-state index contributed by atoms with van der Waals surface area (Å²) >= 11 is 1.41. The molecule has 1 aliphatic heterocycles. The first-order valence-corrected chi connectivity index (χ1v) is 6.03. The zero-order chi connectivity index (χ0) is 11.7. The van der Waals surface area contributed by atoms with Gasteiger partial charge in [0.2, 0.25) is 5.12 Å². The maximum Gasteiger partial charge on any atom is 0.220 e. The quantitative estimate of drug-likeness (QED) is 0.806. The van der Waals surface area contributed by atoms with Gasteiger partial charge in [-0.25, -0.2) is 0 Å². The molecular formula is C12H15NO2S. The maximum absolute atomic E-state index is 11.8. The molecule has 3 nitrogen and oxygen atoms in total. The van der Waals surface area contributed by atoms with E-state index in [2.05, 4.69) is 4.90 Å². The number of carbonyl (C=O) groups is 1. The first-order chi connectivity index (χ1) is 7.61. The van der Waals surface area contributed by atoms with E-state index in [1.54, 1.807) is 7.11 Å². The molecule has 0 fully saturated rings. The van der Waals surface area contributed by atoms with Crippen molar-refractivity contribution in [3.8, 4) is 5.75 Å². The third-order valence-electron chi connectivity index (χ3n) is 2.61. The van der Waals surface area contributed by atoms with Crippen LogP contribution in [0.4, 0.5) is 0 Å². The lowest BCUT2D eigenvalue weighted by atomic mass is 10.0. The van der Waals surface area contributed by atoms with Crippen LogP contribution in [0.25, 0.3) is 0 Å². The molecule has 16 heavy (non-hydrogen) atoms. The lowest BCUT2D eigenvalue weighted by Gasteiger charge is -2.15. The second-order valence-electron chi connectivity index (χ2n) is 4.11. The zero-order valence-electron chi connectivity index (χ0n) is 9.69. The van der Waals surface area contributed by atoms with Gasteiger partial charge >= 0.3 is 0 Å². The van der Waals surface area contributed by atoms with Gasteiger partial charge in [-0.3, -0.25) is 4.79 Å². The topological polar surface area (TPSA) is 29.5 Å². The highest BCUT2D eigenvalue weighted by molar-refractivity contribution is 8.14. The fraction of sp³-hybridized carbons (Fsp3) is 0.417. The molecule has 0 N–H and O–H groups in total. The molecular weight excluding hydrogens is 222 g/mol. The van der Waals surface area contributed by atoms with Crippen LogP contribution < -0.4 is 4.74 Å². The van der Waals surface area contributed by atoms with E-state index >= 15 is 0 Å². The lowest BCUT2D eigenvalue weighted by Crippen LogP contribution is -2.17. The van der Waals surface area contributed by atoms with Crippen molar-refractivity contribution in [3.63, 3.8) is 0 Å². The van der Waals surface area contributed by atoms with Crippen LogP contribution in [-0.2, 0) is 0 Å². The summed E-state index contributed by atoms with van der Waals surface area (Å²) in [6.45, 7) is 0.885. The van der Waals surface area contributed by atoms with Crippen LogP contribution in [0.15, 0.2) is 18.2 Å². The Morgan fingerprint density at radius 2 is 2.19 bits per heavy atom. The number of hydrogen-bond donors (Lipinski definition) is 0. The molecule has 0 saturated heterocycles. The molecule has 1 aromatic carbocycles. The standard InChI is InChI=1S/C12H15NO2S/c1-13(2)7-11-9-5-4-8(15-3)6-10(9)12(14)16-11/h4-6,11H,7H2,1-3H3. The first-order valence-electron chi connectivity index (χ1n) is 5.15. The molecule has 0 amide bonds. The van der Waals surface area contributed by atoms with Gasteiger partial charge in [-0.2, -0.15) is 0 Å². The van der Waals surface area contributed by atoms with Crippen molar-refractivity contribution < 1.29 is 9.53 Å². The van der Waals surface area contributed by atoms with Gasteiger partial charge in [0.1, 0.15) is 5.75 Å². The molecule has 1 atom stereocenters. The molecule has 1 aromatic rings. The van der Waals surface area contributed by atoms with E-state index in [9.17, 15) is 4.79 Å². The fourth-order valence-corrected chi connectivity index (χ4v) is 3.11. The second kappa shape index (κ2) is 4.47. The number of hydrogen-bond acceptors (Lipinski definition) is 4. The van der Waals surface area contributed by atoms with Crippen LogP contribution in [0.1, 0.15) is 21.2 Å². The third-order valence-corrected chi connectivity index (χ3v) is 3.73. The maximum atomic E-state index is 11.8. The number of ether oxygens (including phenoxy) is 1. The summed E-state index contributed by atoms with van der Waals surface area (Å²) < 4.78 is 5.13. The number of methoxy groups -OCH3 is 1. The fourth-order valence-electron chi connectivity index (χ4n) is 1.84. The van der Waals surface area contributed by atoms with E-state index < -0.39 is 0 Å². The van der Waals surface area contributed by atoms with E-state index in [1.807, 2.05) is 32.3 Å². The van der Waals surface area contributed by atoms with Gasteiger partial charge in [0.15, 0.2) is 0 Å². The summed E-state index contributed by atoms with van der Waals surface area (Å²) in [4.78, 5) is 13.9. The molecule has 1 unspecified atom stereocenters. The van der Waals surface area contributed by atoms with E-state index in [1.165, 1.54) is 11.8 Å². The Bertz CT molecular complexity index is 417. The molecule has 4 heteroatoms. The largest absolute Gasteiger partial charge is 0.497 e.